The molecule has 1 aliphatic heterocycles. The molecule has 0 fully saturated rings. The van der Waals surface area contributed by atoms with Gasteiger partial charge in [0.05, 0.1) is 27.0 Å². The summed E-state index contributed by atoms with van der Waals surface area (Å²) in [5, 5.41) is 0. The number of rotatable bonds is 5. The maximum atomic E-state index is 12.9. The van der Waals surface area contributed by atoms with E-state index >= 15 is 0 Å². The molecule has 28 heavy (non-hydrogen) atoms. The van der Waals surface area contributed by atoms with Crippen LogP contribution in [0.25, 0.3) is 5.69 Å². The lowest BCUT2D eigenvalue weighted by Crippen LogP contribution is -2.26. The van der Waals surface area contributed by atoms with Gasteiger partial charge >= 0.3 is 0 Å². The van der Waals surface area contributed by atoms with E-state index in [0.29, 0.717) is 22.9 Å². The number of hydrogen-bond donors (Lipinski definition) is 0. The van der Waals surface area contributed by atoms with Gasteiger partial charge in [-0.3, -0.25) is 9.36 Å². The lowest BCUT2D eigenvalue weighted by molar-refractivity contribution is 0.324. The summed E-state index contributed by atoms with van der Waals surface area (Å²) in [6.45, 7) is 0.813. The summed E-state index contributed by atoms with van der Waals surface area (Å²) in [6.07, 6.45) is 0.939. The number of methoxy groups -OCH3 is 3. The van der Waals surface area contributed by atoms with Crippen molar-refractivity contribution in [3.63, 3.8) is 0 Å². The minimum Gasteiger partial charge on any atom is -0.493 e. The molecular formula is C22H22N2O4. The molecule has 0 radical (unpaired) electrons. The van der Waals surface area contributed by atoms with E-state index in [1.165, 1.54) is 5.56 Å². The first kappa shape index (κ1) is 18.0. The van der Waals surface area contributed by atoms with Crippen molar-refractivity contribution in [3.8, 4) is 22.9 Å². The predicted molar refractivity (Wildman–Crippen MR) is 109 cm³/mol. The molecule has 0 saturated heterocycles. The highest BCUT2D eigenvalue weighted by Crippen LogP contribution is 2.41. The van der Waals surface area contributed by atoms with E-state index < -0.39 is 0 Å². The van der Waals surface area contributed by atoms with Gasteiger partial charge in [0.1, 0.15) is 5.82 Å². The quantitative estimate of drug-likeness (QED) is 0.680. The number of benzene rings is 2. The Labute approximate surface area is 163 Å². The second kappa shape index (κ2) is 7.31. The highest BCUT2D eigenvalue weighted by atomic mass is 16.5. The Balaban J connectivity index is 1.92. The predicted octanol–water partition coefficient (Wildman–Crippen LogP) is 3.56. The van der Waals surface area contributed by atoms with Crippen molar-refractivity contribution < 1.29 is 14.2 Å². The molecule has 2 aromatic carbocycles. The van der Waals surface area contributed by atoms with Crippen LogP contribution in [0, 0.1) is 0 Å². The Kier molecular flexibility index (Phi) is 4.69. The fraction of sp³-hybridized carbons (Fsp3) is 0.227. The molecule has 0 atom stereocenters. The standard InChI is InChI=1S/C22H22N2O4/c1-26-18-13-16(14-19(27-2)22(18)28-3)24-20(9-6-10-21(24)25)23-12-11-15-7-4-5-8-17(15)23/h4-10,13-14H,11-12H2,1-3H3. The summed E-state index contributed by atoms with van der Waals surface area (Å²) in [6, 6.07) is 17.1. The van der Waals surface area contributed by atoms with E-state index in [0.717, 1.165) is 24.5 Å². The smallest absolute Gasteiger partial charge is 0.256 e. The van der Waals surface area contributed by atoms with Gasteiger partial charge in [0, 0.05) is 30.4 Å². The largest absolute Gasteiger partial charge is 0.493 e. The van der Waals surface area contributed by atoms with Gasteiger partial charge in [0.2, 0.25) is 5.75 Å². The monoisotopic (exact) mass is 378 g/mol. The van der Waals surface area contributed by atoms with Crippen LogP contribution < -0.4 is 24.7 Å². The molecular weight excluding hydrogens is 356 g/mol. The summed E-state index contributed by atoms with van der Waals surface area (Å²) in [5.74, 6) is 2.29. The molecule has 144 valence electrons. The van der Waals surface area contributed by atoms with E-state index in [4.69, 9.17) is 14.2 Å². The molecule has 0 spiro atoms. The SMILES string of the molecule is COc1cc(-n2c(N3CCc4ccccc43)cccc2=O)cc(OC)c1OC. The third-order valence-electron chi connectivity index (χ3n) is 5.00. The highest BCUT2D eigenvalue weighted by molar-refractivity contribution is 5.70. The number of fused-ring (bicyclic) bond motifs is 1. The van der Waals surface area contributed by atoms with Crippen LogP contribution in [0.15, 0.2) is 59.4 Å². The van der Waals surface area contributed by atoms with E-state index in [9.17, 15) is 4.79 Å². The van der Waals surface area contributed by atoms with Crippen molar-refractivity contribution in [2.75, 3.05) is 32.8 Å². The van der Waals surface area contributed by atoms with Crippen LogP contribution >= 0.6 is 0 Å². The van der Waals surface area contributed by atoms with E-state index in [1.54, 1.807) is 50.2 Å². The van der Waals surface area contributed by atoms with E-state index in [-0.39, 0.29) is 5.56 Å². The van der Waals surface area contributed by atoms with Crippen molar-refractivity contribution in [2.24, 2.45) is 0 Å². The summed E-state index contributed by atoms with van der Waals surface area (Å²) in [7, 11) is 4.68. The second-order valence-corrected chi connectivity index (χ2v) is 6.47. The zero-order chi connectivity index (χ0) is 19.7. The van der Waals surface area contributed by atoms with Gasteiger partial charge in [-0.25, -0.2) is 0 Å². The number of para-hydroxylation sites is 1. The third-order valence-corrected chi connectivity index (χ3v) is 5.00. The topological polar surface area (TPSA) is 52.9 Å². The summed E-state index contributed by atoms with van der Waals surface area (Å²) in [4.78, 5) is 15.1. The summed E-state index contributed by atoms with van der Waals surface area (Å²) in [5.41, 5.74) is 2.92. The average Bonchev–Trinajstić information content (AvgIpc) is 3.16. The molecule has 0 amide bonds. The molecule has 1 aromatic heterocycles. The Bertz CT molecular complexity index is 1050. The van der Waals surface area contributed by atoms with Gasteiger partial charge in [-0.15, -0.1) is 0 Å². The Hall–Kier alpha value is -3.41. The van der Waals surface area contributed by atoms with Crippen LogP contribution in [0.2, 0.25) is 0 Å². The summed E-state index contributed by atoms with van der Waals surface area (Å²) < 4.78 is 18.0. The first-order chi connectivity index (χ1) is 13.7. The average molecular weight is 378 g/mol. The lowest BCUT2D eigenvalue weighted by Gasteiger charge is -2.24. The molecule has 3 aromatic rings. The molecule has 6 heteroatoms. The van der Waals surface area contributed by atoms with Crippen LogP contribution in [0.3, 0.4) is 0 Å². The molecule has 4 rings (SSSR count). The zero-order valence-electron chi connectivity index (χ0n) is 16.1. The maximum Gasteiger partial charge on any atom is 0.256 e. The van der Waals surface area contributed by atoms with Crippen LogP contribution in [-0.4, -0.2) is 32.4 Å². The van der Waals surface area contributed by atoms with Crippen molar-refractivity contribution in [1.82, 2.24) is 4.57 Å². The van der Waals surface area contributed by atoms with Gasteiger partial charge in [0.15, 0.2) is 11.5 Å². The molecule has 0 unspecified atom stereocenters. The van der Waals surface area contributed by atoms with Crippen LogP contribution in [0.1, 0.15) is 5.56 Å². The number of ether oxygens (including phenoxy) is 3. The van der Waals surface area contributed by atoms with Gasteiger partial charge in [-0.1, -0.05) is 24.3 Å². The number of aromatic nitrogens is 1. The van der Waals surface area contributed by atoms with Crippen LogP contribution in [0.5, 0.6) is 17.2 Å². The zero-order valence-corrected chi connectivity index (χ0v) is 16.1. The Morgan fingerprint density at radius 1 is 0.857 bits per heavy atom. The fourth-order valence-corrected chi connectivity index (χ4v) is 3.72. The van der Waals surface area contributed by atoms with Crippen molar-refractivity contribution in [3.05, 3.63) is 70.5 Å². The van der Waals surface area contributed by atoms with Crippen molar-refractivity contribution >= 4 is 11.5 Å². The van der Waals surface area contributed by atoms with Crippen LogP contribution in [-0.2, 0) is 6.42 Å². The number of anilines is 2. The number of hydrogen-bond acceptors (Lipinski definition) is 5. The first-order valence-electron chi connectivity index (χ1n) is 9.06. The van der Waals surface area contributed by atoms with E-state index in [1.807, 2.05) is 18.2 Å². The Morgan fingerprint density at radius 2 is 1.57 bits per heavy atom. The minimum atomic E-state index is -0.129. The normalized spacial score (nSPS) is 12.6. The van der Waals surface area contributed by atoms with Crippen LogP contribution in [0.4, 0.5) is 11.5 Å². The third kappa shape index (κ3) is 2.87. The van der Waals surface area contributed by atoms with Gasteiger partial charge in [-0.2, -0.15) is 0 Å². The van der Waals surface area contributed by atoms with Gasteiger partial charge in [-0.05, 0) is 24.1 Å². The molecule has 0 bridgehead atoms. The second-order valence-electron chi connectivity index (χ2n) is 6.47. The minimum absolute atomic E-state index is 0.129. The molecule has 0 N–H and O–H groups in total. The van der Waals surface area contributed by atoms with Crippen molar-refractivity contribution in [2.45, 2.75) is 6.42 Å². The molecule has 1 aliphatic rings. The summed E-state index contributed by atoms with van der Waals surface area (Å²) >= 11 is 0. The molecule has 0 saturated carbocycles. The fourth-order valence-electron chi connectivity index (χ4n) is 3.72. The highest BCUT2D eigenvalue weighted by Gasteiger charge is 2.24. The Morgan fingerprint density at radius 3 is 2.25 bits per heavy atom. The molecule has 0 aliphatic carbocycles. The molecule has 6 nitrogen and oxygen atoms in total. The first-order valence-corrected chi connectivity index (χ1v) is 9.06. The number of nitrogens with zero attached hydrogens (tertiary/aromatic N) is 2. The van der Waals surface area contributed by atoms with Crippen molar-refractivity contribution in [1.29, 1.82) is 0 Å². The lowest BCUT2D eigenvalue weighted by atomic mass is 10.2. The maximum absolute atomic E-state index is 12.9. The molecule has 2 heterocycles. The van der Waals surface area contributed by atoms with Gasteiger partial charge in [0.25, 0.3) is 5.56 Å². The van der Waals surface area contributed by atoms with E-state index in [2.05, 4.69) is 17.0 Å². The van der Waals surface area contributed by atoms with Gasteiger partial charge < -0.3 is 19.1 Å². The number of pyridine rings is 1.